The topological polar surface area (TPSA) is 64.3 Å². The molecule has 0 aliphatic carbocycles. The summed E-state index contributed by atoms with van der Waals surface area (Å²) < 4.78 is 5.37. The predicted molar refractivity (Wildman–Crippen MR) is 73.3 cm³/mol. The van der Waals surface area contributed by atoms with E-state index in [0.29, 0.717) is 26.2 Å². The summed E-state index contributed by atoms with van der Waals surface area (Å²) in [6, 6.07) is 7.71. The lowest BCUT2D eigenvalue weighted by Crippen LogP contribution is -2.13. The van der Waals surface area contributed by atoms with Crippen molar-refractivity contribution >= 4 is 11.6 Å². The van der Waals surface area contributed by atoms with Crippen LogP contribution in [0.15, 0.2) is 24.3 Å². The van der Waals surface area contributed by atoms with Gasteiger partial charge in [-0.05, 0) is 32.4 Å². The zero-order valence-electron chi connectivity index (χ0n) is 10.9. The largest absolute Gasteiger partial charge is 0.377 e. The number of para-hydroxylation sites is 1. The Kier molecular flexibility index (Phi) is 7.06. The quantitative estimate of drug-likeness (QED) is 0.696. The molecule has 0 fully saturated rings. The van der Waals surface area contributed by atoms with E-state index >= 15 is 0 Å². The average Bonchev–Trinajstić information content (AvgIpc) is 2.38. The number of ether oxygens (including phenoxy) is 1. The predicted octanol–water partition coefficient (Wildman–Crippen LogP) is 2.29. The molecule has 0 heterocycles. The van der Waals surface area contributed by atoms with Crippen LogP contribution in [0.4, 0.5) is 5.69 Å². The zero-order valence-corrected chi connectivity index (χ0v) is 10.9. The molecule has 0 atom stereocenters. The summed E-state index contributed by atoms with van der Waals surface area (Å²) in [6.07, 6.45) is 2.23. The highest BCUT2D eigenvalue weighted by molar-refractivity contribution is 5.91. The number of benzene rings is 1. The Morgan fingerprint density at radius 2 is 2.11 bits per heavy atom. The van der Waals surface area contributed by atoms with Crippen LogP contribution in [0.3, 0.4) is 0 Å². The molecule has 1 aromatic rings. The van der Waals surface area contributed by atoms with Crippen molar-refractivity contribution in [2.24, 2.45) is 5.73 Å². The van der Waals surface area contributed by atoms with Crippen molar-refractivity contribution in [3.8, 4) is 0 Å². The molecule has 0 saturated carbocycles. The van der Waals surface area contributed by atoms with E-state index in [1.54, 1.807) is 0 Å². The van der Waals surface area contributed by atoms with Crippen LogP contribution in [0.25, 0.3) is 0 Å². The Morgan fingerprint density at radius 1 is 1.33 bits per heavy atom. The third-order valence-corrected chi connectivity index (χ3v) is 2.61. The third-order valence-electron chi connectivity index (χ3n) is 2.61. The van der Waals surface area contributed by atoms with Crippen molar-refractivity contribution in [1.29, 1.82) is 0 Å². The molecule has 0 saturated heterocycles. The van der Waals surface area contributed by atoms with Gasteiger partial charge in [0.15, 0.2) is 0 Å². The number of hydrogen-bond acceptors (Lipinski definition) is 3. The second kappa shape index (κ2) is 8.66. The van der Waals surface area contributed by atoms with Crippen LogP contribution < -0.4 is 11.1 Å². The molecule has 0 aliphatic heterocycles. The molecule has 1 rings (SSSR count). The summed E-state index contributed by atoms with van der Waals surface area (Å²) in [5.74, 6) is 0.0346. The number of rotatable bonds is 8. The molecule has 3 N–H and O–H groups in total. The minimum Gasteiger partial charge on any atom is -0.377 e. The first-order valence-corrected chi connectivity index (χ1v) is 6.43. The Bertz CT molecular complexity index is 367. The number of hydrogen-bond donors (Lipinski definition) is 2. The van der Waals surface area contributed by atoms with Gasteiger partial charge in [0.1, 0.15) is 0 Å². The van der Waals surface area contributed by atoms with Crippen molar-refractivity contribution in [3.05, 3.63) is 29.8 Å². The normalized spacial score (nSPS) is 10.3. The maximum absolute atomic E-state index is 11.7. The fourth-order valence-electron chi connectivity index (χ4n) is 1.62. The van der Waals surface area contributed by atoms with Gasteiger partial charge in [-0.3, -0.25) is 4.79 Å². The average molecular weight is 250 g/mol. The van der Waals surface area contributed by atoms with E-state index in [-0.39, 0.29) is 5.91 Å². The molecule has 0 aliphatic rings. The molecule has 18 heavy (non-hydrogen) atoms. The van der Waals surface area contributed by atoms with Crippen LogP contribution in [0.1, 0.15) is 31.7 Å². The molecule has 0 aromatic heterocycles. The van der Waals surface area contributed by atoms with Crippen LogP contribution in [-0.4, -0.2) is 19.1 Å². The van der Waals surface area contributed by atoms with Crippen LogP contribution >= 0.6 is 0 Å². The van der Waals surface area contributed by atoms with Crippen molar-refractivity contribution in [2.45, 2.75) is 32.8 Å². The smallest absolute Gasteiger partial charge is 0.224 e. The van der Waals surface area contributed by atoms with Crippen molar-refractivity contribution in [2.75, 3.05) is 18.5 Å². The number of nitrogens with two attached hydrogens (primary N) is 1. The second-order valence-electron chi connectivity index (χ2n) is 4.09. The van der Waals surface area contributed by atoms with Crippen LogP contribution in [-0.2, 0) is 16.1 Å². The second-order valence-corrected chi connectivity index (χ2v) is 4.09. The molecule has 0 bridgehead atoms. The molecule has 0 spiro atoms. The Morgan fingerprint density at radius 3 is 2.83 bits per heavy atom. The fraction of sp³-hybridized carbons (Fsp3) is 0.500. The molecule has 0 radical (unpaired) electrons. The summed E-state index contributed by atoms with van der Waals surface area (Å²) >= 11 is 0. The van der Waals surface area contributed by atoms with Gasteiger partial charge in [-0.2, -0.15) is 0 Å². The summed E-state index contributed by atoms with van der Waals surface area (Å²) in [6.45, 7) is 3.77. The molecule has 4 nitrogen and oxygen atoms in total. The lowest BCUT2D eigenvalue weighted by atomic mass is 10.1. The number of carbonyl (C=O) groups is 1. The lowest BCUT2D eigenvalue weighted by molar-refractivity contribution is -0.116. The van der Waals surface area contributed by atoms with Gasteiger partial charge in [0.2, 0.25) is 5.91 Å². The number of unbranched alkanes of at least 4 members (excludes halogenated alkanes) is 1. The first-order valence-electron chi connectivity index (χ1n) is 6.43. The summed E-state index contributed by atoms with van der Waals surface area (Å²) in [4.78, 5) is 11.7. The Hall–Kier alpha value is -1.39. The maximum atomic E-state index is 11.7. The summed E-state index contributed by atoms with van der Waals surface area (Å²) in [7, 11) is 0. The summed E-state index contributed by atoms with van der Waals surface area (Å²) in [5.41, 5.74) is 7.24. The highest BCUT2D eigenvalue weighted by atomic mass is 16.5. The highest BCUT2D eigenvalue weighted by Gasteiger charge is 2.06. The summed E-state index contributed by atoms with van der Waals surface area (Å²) in [5, 5.41) is 2.92. The number of amides is 1. The van der Waals surface area contributed by atoms with Gasteiger partial charge in [-0.15, -0.1) is 0 Å². The van der Waals surface area contributed by atoms with Gasteiger partial charge >= 0.3 is 0 Å². The zero-order chi connectivity index (χ0) is 13.2. The van der Waals surface area contributed by atoms with Crippen molar-refractivity contribution in [1.82, 2.24) is 0 Å². The standard InChI is InChI=1S/C14H22N2O2/c1-2-18-11-12-7-3-4-8-13(12)16-14(17)9-5-6-10-15/h3-4,7-8H,2,5-6,9-11,15H2,1H3,(H,16,17). The van der Waals surface area contributed by atoms with Crippen LogP contribution in [0, 0.1) is 0 Å². The number of carbonyl (C=O) groups excluding carboxylic acids is 1. The van der Waals surface area contributed by atoms with Gasteiger partial charge in [0, 0.05) is 24.3 Å². The van der Waals surface area contributed by atoms with Gasteiger partial charge in [-0.25, -0.2) is 0 Å². The fourth-order valence-corrected chi connectivity index (χ4v) is 1.62. The molecule has 0 unspecified atom stereocenters. The third kappa shape index (κ3) is 5.29. The minimum atomic E-state index is 0.0346. The SMILES string of the molecule is CCOCc1ccccc1NC(=O)CCCCN. The van der Waals surface area contributed by atoms with Crippen molar-refractivity contribution in [3.63, 3.8) is 0 Å². The van der Waals surface area contributed by atoms with E-state index in [0.717, 1.165) is 24.1 Å². The van der Waals surface area contributed by atoms with Crippen LogP contribution in [0.5, 0.6) is 0 Å². The van der Waals surface area contributed by atoms with Gasteiger partial charge in [0.05, 0.1) is 6.61 Å². The van der Waals surface area contributed by atoms with Crippen molar-refractivity contribution < 1.29 is 9.53 Å². The lowest BCUT2D eigenvalue weighted by Gasteiger charge is -2.10. The molecule has 100 valence electrons. The van der Waals surface area contributed by atoms with E-state index in [1.165, 1.54) is 0 Å². The van der Waals surface area contributed by atoms with E-state index < -0.39 is 0 Å². The highest BCUT2D eigenvalue weighted by Crippen LogP contribution is 2.16. The van der Waals surface area contributed by atoms with E-state index in [1.807, 2.05) is 31.2 Å². The Labute approximate surface area is 109 Å². The molecule has 1 aromatic carbocycles. The number of nitrogens with one attached hydrogen (secondary N) is 1. The first kappa shape index (κ1) is 14.7. The molecule has 4 heteroatoms. The van der Waals surface area contributed by atoms with E-state index in [9.17, 15) is 4.79 Å². The molecular weight excluding hydrogens is 228 g/mol. The van der Waals surface area contributed by atoms with Crippen LogP contribution in [0.2, 0.25) is 0 Å². The van der Waals surface area contributed by atoms with E-state index in [2.05, 4.69) is 5.32 Å². The van der Waals surface area contributed by atoms with E-state index in [4.69, 9.17) is 10.5 Å². The first-order chi connectivity index (χ1) is 8.77. The van der Waals surface area contributed by atoms with Gasteiger partial charge in [0.25, 0.3) is 0 Å². The molecular formula is C14H22N2O2. The van der Waals surface area contributed by atoms with Gasteiger partial charge < -0.3 is 15.8 Å². The maximum Gasteiger partial charge on any atom is 0.224 e. The minimum absolute atomic E-state index is 0.0346. The molecule has 1 amide bonds. The Balaban J connectivity index is 2.51. The monoisotopic (exact) mass is 250 g/mol. The van der Waals surface area contributed by atoms with Gasteiger partial charge in [-0.1, -0.05) is 18.2 Å². The number of anilines is 1.